The predicted molar refractivity (Wildman–Crippen MR) is 67.9 cm³/mol. The van der Waals surface area contributed by atoms with Gasteiger partial charge in [-0.1, -0.05) is 0 Å². The third-order valence-electron chi connectivity index (χ3n) is 3.40. The standard InChI is InChI=1S/C12H19N3O5/c16-8-5-9(11(18)19)15(6-8)12(20)13-4-3-10(17)14-7-1-2-7/h7-9,16H,1-6H2,(H,13,20)(H,14,17)(H,18,19)/t8-,9+/m1/s1. The fourth-order valence-electron chi connectivity index (χ4n) is 2.18. The first-order chi connectivity index (χ1) is 9.47. The van der Waals surface area contributed by atoms with E-state index in [1.807, 2.05) is 0 Å². The van der Waals surface area contributed by atoms with Crippen LogP contribution in [0.25, 0.3) is 0 Å². The molecule has 2 fully saturated rings. The molecule has 4 N–H and O–H groups in total. The maximum Gasteiger partial charge on any atom is 0.326 e. The van der Waals surface area contributed by atoms with Gasteiger partial charge in [0.25, 0.3) is 0 Å². The van der Waals surface area contributed by atoms with Crippen molar-refractivity contribution in [3.05, 3.63) is 0 Å². The number of carbonyl (C=O) groups excluding carboxylic acids is 2. The first-order valence-electron chi connectivity index (χ1n) is 6.72. The SMILES string of the molecule is O=C(CCNC(=O)N1C[C@H](O)C[C@H]1C(=O)O)NC1CC1. The molecule has 8 nitrogen and oxygen atoms in total. The minimum atomic E-state index is -1.14. The summed E-state index contributed by atoms with van der Waals surface area (Å²) in [5.74, 6) is -1.26. The molecular formula is C12H19N3O5. The van der Waals surface area contributed by atoms with Crippen LogP contribution in [0.3, 0.4) is 0 Å². The molecule has 112 valence electrons. The van der Waals surface area contributed by atoms with Crippen molar-refractivity contribution >= 4 is 17.9 Å². The van der Waals surface area contributed by atoms with Gasteiger partial charge in [-0.25, -0.2) is 9.59 Å². The molecule has 1 saturated carbocycles. The highest BCUT2D eigenvalue weighted by Crippen LogP contribution is 2.19. The first kappa shape index (κ1) is 14.6. The number of aliphatic hydroxyl groups excluding tert-OH is 1. The van der Waals surface area contributed by atoms with E-state index in [0.29, 0.717) is 0 Å². The zero-order valence-electron chi connectivity index (χ0n) is 11.0. The number of nitrogens with one attached hydrogen (secondary N) is 2. The number of urea groups is 1. The van der Waals surface area contributed by atoms with Crippen molar-refractivity contribution in [2.45, 2.75) is 43.9 Å². The van der Waals surface area contributed by atoms with E-state index in [-0.39, 0.29) is 37.9 Å². The second-order valence-electron chi connectivity index (χ2n) is 5.22. The monoisotopic (exact) mass is 285 g/mol. The summed E-state index contributed by atoms with van der Waals surface area (Å²) < 4.78 is 0. The van der Waals surface area contributed by atoms with E-state index in [9.17, 15) is 19.5 Å². The molecule has 1 heterocycles. The van der Waals surface area contributed by atoms with E-state index < -0.39 is 24.1 Å². The Morgan fingerprint density at radius 3 is 2.55 bits per heavy atom. The Morgan fingerprint density at radius 2 is 1.95 bits per heavy atom. The topological polar surface area (TPSA) is 119 Å². The van der Waals surface area contributed by atoms with Crippen LogP contribution < -0.4 is 10.6 Å². The Labute approximate surface area is 116 Å². The van der Waals surface area contributed by atoms with Crippen LogP contribution in [0.15, 0.2) is 0 Å². The maximum atomic E-state index is 11.8. The van der Waals surface area contributed by atoms with Crippen molar-refractivity contribution in [3.63, 3.8) is 0 Å². The van der Waals surface area contributed by atoms with Crippen LogP contribution in [0.5, 0.6) is 0 Å². The van der Waals surface area contributed by atoms with Gasteiger partial charge in [-0.2, -0.15) is 0 Å². The number of aliphatic carboxylic acids is 1. The average molecular weight is 285 g/mol. The van der Waals surface area contributed by atoms with Crippen LogP contribution in [-0.4, -0.2) is 64.3 Å². The molecule has 2 atom stereocenters. The minimum Gasteiger partial charge on any atom is -0.480 e. The quantitative estimate of drug-likeness (QED) is 0.510. The van der Waals surface area contributed by atoms with Gasteiger partial charge in [-0.15, -0.1) is 0 Å². The molecule has 0 aromatic rings. The molecule has 1 saturated heterocycles. The number of aliphatic hydroxyl groups is 1. The van der Waals surface area contributed by atoms with Crippen molar-refractivity contribution in [2.75, 3.05) is 13.1 Å². The highest BCUT2D eigenvalue weighted by Gasteiger charge is 2.38. The lowest BCUT2D eigenvalue weighted by atomic mass is 10.2. The van der Waals surface area contributed by atoms with E-state index in [1.165, 1.54) is 0 Å². The molecule has 1 aliphatic heterocycles. The van der Waals surface area contributed by atoms with Gasteiger partial charge < -0.3 is 25.7 Å². The van der Waals surface area contributed by atoms with E-state index in [0.717, 1.165) is 17.7 Å². The summed E-state index contributed by atoms with van der Waals surface area (Å²) in [5.41, 5.74) is 0. The zero-order chi connectivity index (χ0) is 14.7. The number of carboxylic acids is 1. The molecule has 1 aliphatic carbocycles. The van der Waals surface area contributed by atoms with Gasteiger partial charge >= 0.3 is 12.0 Å². The fraction of sp³-hybridized carbons (Fsp3) is 0.750. The predicted octanol–water partition coefficient (Wildman–Crippen LogP) is -1.12. The third-order valence-corrected chi connectivity index (χ3v) is 3.40. The van der Waals surface area contributed by atoms with Gasteiger partial charge in [0.1, 0.15) is 6.04 Å². The Kier molecular flexibility index (Phi) is 4.43. The number of carboxylic acid groups (broad SMARTS) is 1. The molecule has 20 heavy (non-hydrogen) atoms. The summed E-state index contributed by atoms with van der Waals surface area (Å²) in [5, 5.41) is 23.7. The Bertz CT molecular complexity index is 410. The van der Waals surface area contributed by atoms with Gasteiger partial charge in [0.2, 0.25) is 5.91 Å². The number of β-amino-alcohol motifs (C(OH)–C–C–N with tert-alkyl or cyclic N) is 1. The molecule has 0 unspecified atom stereocenters. The highest BCUT2D eigenvalue weighted by atomic mass is 16.4. The van der Waals surface area contributed by atoms with Gasteiger partial charge in [-0.05, 0) is 12.8 Å². The van der Waals surface area contributed by atoms with E-state index >= 15 is 0 Å². The summed E-state index contributed by atoms with van der Waals surface area (Å²) in [6, 6.07) is -1.29. The Balaban J connectivity index is 1.73. The van der Waals surface area contributed by atoms with Crippen LogP contribution in [0, 0.1) is 0 Å². The highest BCUT2D eigenvalue weighted by molar-refractivity contribution is 5.84. The molecule has 0 spiro atoms. The zero-order valence-corrected chi connectivity index (χ0v) is 11.0. The van der Waals surface area contributed by atoms with Gasteiger partial charge in [0.15, 0.2) is 0 Å². The molecule has 0 radical (unpaired) electrons. The van der Waals surface area contributed by atoms with Gasteiger partial charge in [0, 0.05) is 32.0 Å². The van der Waals surface area contributed by atoms with Gasteiger partial charge in [0.05, 0.1) is 6.10 Å². The van der Waals surface area contributed by atoms with Crippen molar-refractivity contribution in [2.24, 2.45) is 0 Å². The molecule has 0 bridgehead atoms. The van der Waals surface area contributed by atoms with Crippen molar-refractivity contribution in [3.8, 4) is 0 Å². The number of hydrogen-bond acceptors (Lipinski definition) is 4. The lowest BCUT2D eigenvalue weighted by Gasteiger charge is -2.21. The third kappa shape index (κ3) is 3.83. The molecule has 3 amide bonds. The van der Waals surface area contributed by atoms with Crippen molar-refractivity contribution in [1.82, 2.24) is 15.5 Å². The van der Waals surface area contributed by atoms with Crippen LogP contribution in [0.2, 0.25) is 0 Å². The second kappa shape index (κ2) is 6.08. The van der Waals surface area contributed by atoms with E-state index in [2.05, 4.69) is 10.6 Å². The minimum absolute atomic E-state index is 0.00291. The molecule has 8 heteroatoms. The Morgan fingerprint density at radius 1 is 1.25 bits per heavy atom. The summed E-state index contributed by atoms with van der Waals surface area (Å²) in [6.07, 6.45) is 1.38. The largest absolute Gasteiger partial charge is 0.480 e. The second-order valence-corrected chi connectivity index (χ2v) is 5.22. The van der Waals surface area contributed by atoms with Crippen LogP contribution in [0.1, 0.15) is 25.7 Å². The summed E-state index contributed by atoms with van der Waals surface area (Å²) in [7, 11) is 0. The molecule has 2 aliphatic rings. The van der Waals surface area contributed by atoms with Crippen LogP contribution >= 0.6 is 0 Å². The first-order valence-corrected chi connectivity index (χ1v) is 6.72. The Hall–Kier alpha value is -1.83. The molecule has 2 rings (SSSR count). The summed E-state index contributed by atoms with van der Waals surface area (Å²) in [4.78, 5) is 35.3. The number of likely N-dealkylation sites (tertiary alicyclic amines) is 1. The fourth-order valence-corrected chi connectivity index (χ4v) is 2.18. The number of hydrogen-bond donors (Lipinski definition) is 4. The van der Waals surface area contributed by atoms with Gasteiger partial charge in [-0.3, -0.25) is 4.79 Å². The van der Waals surface area contributed by atoms with E-state index in [4.69, 9.17) is 5.11 Å². The van der Waals surface area contributed by atoms with Crippen LogP contribution in [-0.2, 0) is 9.59 Å². The lowest BCUT2D eigenvalue weighted by Crippen LogP contribution is -2.46. The lowest BCUT2D eigenvalue weighted by molar-refractivity contribution is -0.141. The van der Waals surface area contributed by atoms with Crippen molar-refractivity contribution < 1.29 is 24.6 Å². The normalized spacial score (nSPS) is 25.4. The number of carbonyl (C=O) groups is 3. The van der Waals surface area contributed by atoms with Crippen molar-refractivity contribution in [1.29, 1.82) is 0 Å². The van der Waals surface area contributed by atoms with E-state index in [1.54, 1.807) is 0 Å². The number of amides is 3. The summed E-state index contributed by atoms with van der Waals surface area (Å²) in [6.45, 7) is 0.146. The average Bonchev–Trinajstić information content (AvgIpc) is 3.08. The van der Waals surface area contributed by atoms with Crippen LogP contribution in [0.4, 0.5) is 4.79 Å². The maximum absolute atomic E-state index is 11.8. The molecule has 0 aromatic carbocycles. The number of rotatable bonds is 5. The molecule has 0 aromatic heterocycles. The molecular weight excluding hydrogens is 266 g/mol. The summed E-state index contributed by atoms with van der Waals surface area (Å²) >= 11 is 0. The number of nitrogens with zero attached hydrogens (tertiary/aromatic N) is 1. The smallest absolute Gasteiger partial charge is 0.326 e.